The van der Waals surface area contributed by atoms with E-state index in [4.69, 9.17) is 9.63 Å². The van der Waals surface area contributed by atoms with Crippen LogP contribution >= 0.6 is 0 Å². The average molecular weight is 182 g/mol. The molecule has 4 nitrogen and oxygen atoms in total. The quantitative estimate of drug-likeness (QED) is 0.768. The second kappa shape index (κ2) is 2.80. The third kappa shape index (κ3) is 1.88. The Kier molecular flexibility index (Phi) is 1.87. The van der Waals surface area contributed by atoms with E-state index in [0.717, 1.165) is 6.42 Å². The third-order valence-electron chi connectivity index (χ3n) is 2.54. The molecule has 0 amide bonds. The van der Waals surface area contributed by atoms with E-state index in [-0.39, 0.29) is 0 Å². The SMILES string of the molecule is CC(O)c1noc(CC2(C)CC2)n1. The summed E-state index contributed by atoms with van der Waals surface area (Å²) in [4.78, 5) is 4.11. The van der Waals surface area contributed by atoms with Crippen LogP contribution in [0.1, 0.15) is 44.5 Å². The summed E-state index contributed by atoms with van der Waals surface area (Å²) in [6.45, 7) is 3.84. The van der Waals surface area contributed by atoms with Crippen molar-refractivity contribution < 1.29 is 9.63 Å². The van der Waals surface area contributed by atoms with Crippen molar-refractivity contribution in [2.24, 2.45) is 5.41 Å². The average Bonchev–Trinajstić information content (AvgIpc) is 2.62. The van der Waals surface area contributed by atoms with Crippen molar-refractivity contribution >= 4 is 0 Å². The smallest absolute Gasteiger partial charge is 0.227 e. The summed E-state index contributed by atoms with van der Waals surface area (Å²) in [6, 6.07) is 0. The van der Waals surface area contributed by atoms with Crippen LogP contribution in [0.15, 0.2) is 4.52 Å². The van der Waals surface area contributed by atoms with Gasteiger partial charge in [-0.3, -0.25) is 0 Å². The Hall–Kier alpha value is -0.900. The summed E-state index contributed by atoms with van der Waals surface area (Å²) in [5.74, 6) is 1.04. The molecule has 0 aromatic carbocycles. The monoisotopic (exact) mass is 182 g/mol. The van der Waals surface area contributed by atoms with Crippen LogP contribution in [-0.4, -0.2) is 15.2 Å². The van der Waals surface area contributed by atoms with Crippen molar-refractivity contribution in [3.63, 3.8) is 0 Å². The van der Waals surface area contributed by atoms with E-state index in [0.29, 0.717) is 17.1 Å². The minimum atomic E-state index is -0.635. The zero-order valence-corrected chi connectivity index (χ0v) is 7.95. The van der Waals surface area contributed by atoms with Gasteiger partial charge in [0.25, 0.3) is 0 Å². The van der Waals surface area contributed by atoms with Crippen LogP contribution in [0, 0.1) is 5.41 Å². The largest absolute Gasteiger partial charge is 0.385 e. The molecule has 4 heteroatoms. The fourth-order valence-corrected chi connectivity index (χ4v) is 1.26. The molecule has 0 spiro atoms. The van der Waals surface area contributed by atoms with E-state index in [9.17, 15) is 0 Å². The van der Waals surface area contributed by atoms with Crippen molar-refractivity contribution in [2.45, 2.75) is 39.2 Å². The molecule has 0 bridgehead atoms. The molecule has 1 aliphatic rings. The van der Waals surface area contributed by atoms with Crippen LogP contribution in [0.2, 0.25) is 0 Å². The van der Waals surface area contributed by atoms with Crippen LogP contribution in [-0.2, 0) is 6.42 Å². The maximum absolute atomic E-state index is 9.17. The summed E-state index contributed by atoms with van der Waals surface area (Å²) in [5.41, 5.74) is 0.377. The van der Waals surface area contributed by atoms with Crippen molar-refractivity contribution in [3.8, 4) is 0 Å². The van der Waals surface area contributed by atoms with Crippen LogP contribution in [0.4, 0.5) is 0 Å². The molecule has 1 fully saturated rings. The highest BCUT2D eigenvalue weighted by Crippen LogP contribution is 2.47. The molecule has 1 heterocycles. The van der Waals surface area contributed by atoms with Gasteiger partial charge in [0.2, 0.25) is 5.89 Å². The van der Waals surface area contributed by atoms with Gasteiger partial charge >= 0.3 is 0 Å². The summed E-state index contributed by atoms with van der Waals surface area (Å²) in [7, 11) is 0. The van der Waals surface area contributed by atoms with E-state index in [1.807, 2.05) is 0 Å². The Balaban J connectivity index is 2.05. The maximum atomic E-state index is 9.17. The molecule has 1 N–H and O–H groups in total. The number of hydrogen-bond acceptors (Lipinski definition) is 4. The predicted octanol–water partition coefficient (Wildman–Crippen LogP) is 1.47. The van der Waals surface area contributed by atoms with E-state index >= 15 is 0 Å². The van der Waals surface area contributed by atoms with Gasteiger partial charge in [-0.05, 0) is 25.2 Å². The van der Waals surface area contributed by atoms with Gasteiger partial charge in [0.15, 0.2) is 5.82 Å². The second-order valence-electron chi connectivity index (χ2n) is 4.21. The summed E-state index contributed by atoms with van der Waals surface area (Å²) < 4.78 is 5.02. The Labute approximate surface area is 77.0 Å². The first-order chi connectivity index (χ1) is 6.09. The molecule has 72 valence electrons. The first-order valence-electron chi connectivity index (χ1n) is 4.60. The molecule has 1 aromatic rings. The second-order valence-corrected chi connectivity index (χ2v) is 4.21. The predicted molar refractivity (Wildman–Crippen MR) is 46.0 cm³/mol. The molecule has 1 unspecified atom stereocenters. The van der Waals surface area contributed by atoms with Crippen LogP contribution < -0.4 is 0 Å². The highest BCUT2D eigenvalue weighted by molar-refractivity contribution is 4.98. The zero-order chi connectivity index (χ0) is 9.47. The van der Waals surface area contributed by atoms with Crippen LogP contribution in [0.5, 0.6) is 0 Å². The summed E-state index contributed by atoms with van der Waals surface area (Å²) in [6.07, 6.45) is 2.68. The van der Waals surface area contributed by atoms with Crippen molar-refractivity contribution in [3.05, 3.63) is 11.7 Å². The first kappa shape index (κ1) is 8.69. The van der Waals surface area contributed by atoms with Crippen LogP contribution in [0.3, 0.4) is 0 Å². The molecule has 1 saturated carbocycles. The Morgan fingerprint density at radius 2 is 2.31 bits per heavy atom. The molecule has 0 radical (unpaired) electrons. The van der Waals surface area contributed by atoms with Gasteiger partial charge in [0.05, 0.1) is 0 Å². The van der Waals surface area contributed by atoms with E-state index in [2.05, 4.69) is 17.1 Å². The van der Waals surface area contributed by atoms with Gasteiger partial charge in [0, 0.05) is 6.42 Å². The van der Waals surface area contributed by atoms with Crippen molar-refractivity contribution in [1.82, 2.24) is 10.1 Å². The Morgan fingerprint density at radius 1 is 1.62 bits per heavy atom. The standard InChI is InChI=1S/C9H14N2O2/c1-6(12)8-10-7(13-11-8)5-9(2)3-4-9/h6,12H,3-5H2,1-2H3. The summed E-state index contributed by atoms with van der Waals surface area (Å²) in [5, 5.41) is 12.9. The van der Waals surface area contributed by atoms with Crippen molar-refractivity contribution in [1.29, 1.82) is 0 Å². The molecule has 0 aliphatic heterocycles. The highest BCUT2D eigenvalue weighted by atomic mass is 16.5. The number of nitrogens with zero attached hydrogens (tertiary/aromatic N) is 2. The molecular formula is C9H14N2O2. The number of rotatable bonds is 3. The van der Waals surface area contributed by atoms with Gasteiger partial charge in [-0.25, -0.2) is 0 Å². The zero-order valence-electron chi connectivity index (χ0n) is 7.95. The first-order valence-corrected chi connectivity index (χ1v) is 4.60. The molecule has 1 atom stereocenters. The van der Waals surface area contributed by atoms with Gasteiger partial charge in [0.1, 0.15) is 6.10 Å². The Morgan fingerprint density at radius 3 is 2.77 bits per heavy atom. The number of aliphatic hydroxyl groups is 1. The van der Waals surface area contributed by atoms with Gasteiger partial charge in [-0.15, -0.1) is 0 Å². The number of hydrogen-bond donors (Lipinski definition) is 1. The van der Waals surface area contributed by atoms with E-state index in [1.54, 1.807) is 6.92 Å². The number of aromatic nitrogens is 2. The van der Waals surface area contributed by atoms with Crippen molar-refractivity contribution in [2.75, 3.05) is 0 Å². The third-order valence-corrected chi connectivity index (χ3v) is 2.54. The lowest BCUT2D eigenvalue weighted by Crippen LogP contribution is -2.00. The highest BCUT2D eigenvalue weighted by Gasteiger charge is 2.39. The Bertz CT molecular complexity index is 302. The van der Waals surface area contributed by atoms with Gasteiger partial charge < -0.3 is 9.63 Å². The maximum Gasteiger partial charge on any atom is 0.227 e. The molecule has 1 aromatic heterocycles. The van der Waals surface area contributed by atoms with E-state index < -0.39 is 6.10 Å². The van der Waals surface area contributed by atoms with E-state index in [1.165, 1.54) is 12.8 Å². The lowest BCUT2D eigenvalue weighted by molar-refractivity contribution is 0.184. The number of aliphatic hydroxyl groups excluding tert-OH is 1. The summed E-state index contributed by atoms with van der Waals surface area (Å²) >= 11 is 0. The topological polar surface area (TPSA) is 59.2 Å². The minimum absolute atomic E-state index is 0.377. The molecule has 2 rings (SSSR count). The molecular weight excluding hydrogens is 168 g/mol. The fraction of sp³-hybridized carbons (Fsp3) is 0.778. The minimum Gasteiger partial charge on any atom is -0.385 e. The van der Waals surface area contributed by atoms with Gasteiger partial charge in [-0.2, -0.15) is 4.98 Å². The van der Waals surface area contributed by atoms with Gasteiger partial charge in [-0.1, -0.05) is 12.1 Å². The molecule has 13 heavy (non-hydrogen) atoms. The lowest BCUT2D eigenvalue weighted by Gasteiger charge is -2.00. The molecule has 0 saturated heterocycles. The molecule has 1 aliphatic carbocycles. The fourth-order valence-electron chi connectivity index (χ4n) is 1.26. The van der Waals surface area contributed by atoms with Crippen LogP contribution in [0.25, 0.3) is 0 Å². The lowest BCUT2D eigenvalue weighted by atomic mass is 10.1. The normalized spacial score (nSPS) is 21.5.